The topological polar surface area (TPSA) is 46.6 Å². The van der Waals surface area contributed by atoms with Crippen molar-refractivity contribution >= 4 is 29.7 Å². The second-order valence-electron chi connectivity index (χ2n) is 4.56. The summed E-state index contributed by atoms with van der Waals surface area (Å²) in [5, 5.41) is -0.338. The molecule has 1 aromatic carbocycles. The second kappa shape index (κ2) is 7.26. The van der Waals surface area contributed by atoms with E-state index in [1.807, 2.05) is 0 Å². The normalized spacial score (nSPS) is 18.8. The van der Waals surface area contributed by atoms with Crippen LogP contribution in [0.3, 0.4) is 0 Å². The fraction of sp³-hybridized carbons (Fsp3) is 0.333. The average Bonchev–Trinajstić information content (AvgIpc) is 2.52. The minimum atomic E-state index is -0.343. The number of ether oxygens (including phenoxy) is 1. The Bertz CT molecular complexity index is 562. The number of thioether (sulfide) groups is 1. The van der Waals surface area contributed by atoms with Crippen LogP contribution in [-0.2, 0) is 14.3 Å². The number of carbonyl (C=O) groups is 2. The Labute approximate surface area is 127 Å². The fourth-order valence-corrected chi connectivity index (χ4v) is 3.13. The van der Waals surface area contributed by atoms with E-state index in [-0.39, 0.29) is 22.9 Å². The number of rotatable bonds is 3. The Morgan fingerprint density at radius 3 is 3.00 bits per heavy atom. The number of benzene rings is 1. The highest BCUT2D eigenvalue weighted by Gasteiger charge is 2.28. The van der Waals surface area contributed by atoms with Gasteiger partial charge in [0.2, 0.25) is 5.91 Å². The SMILES string of the molecule is COC(=O)[C@@H]1CN(C(=O)/C=C/c2cccc(F)c2)CCS1. The molecule has 0 aromatic heterocycles. The minimum Gasteiger partial charge on any atom is -0.468 e. The minimum absolute atomic E-state index is 0.187. The maximum atomic E-state index is 13.0. The predicted molar refractivity (Wildman–Crippen MR) is 80.3 cm³/mol. The summed E-state index contributed by atoms with van der Waals surface area (Å²) in [7, 11) is 1.34. The third-order valence-electron chi connectivity index (χ3n) is 3.11. The van der Waals surface area contributed by atoms with Gasteiger partial charge in [0.05, 0.1) is 7.11 Å². The summed E-state index contributed by atoms with van der Waals surface area (Å²) >= 11 is 1.49. The zero-order valence-corrected chi connectivity index (χ0v) is 12.4. The molecule has 21 heavy (non-hydrogen) atoms. The van der Waals surface area contributed by atoms with Crippen LogP contribution >= 0.6 is 11.8 Å². The number of nitrogens with zero attached hydrogens (tertiary/aromatic N) is 1. The molecule has 1 aliphatic rings. The van der Waals surface area contributed by atoms with E-state index in [2.05, 4.69) is 0 Å². The number of hydrogen-bond acceptors (Lipinski definition) is 4. The predicted octanol–water partition coefficient (Wildman–Crippen LogP) is 1.96. The number of carbonyl (C=O) groups excluding carboxylic acids is 2. The summed E-state index contributed by atoms with van der Waals surface area (Å²) < 4.78 is 17.7. The summed E-state index contributed by atoms with van der Waals surface area (Å²) in [6.07, 6.45) is 2.97. The van der Waals surface area contributed by atoms with Crippen LogP contribution in [-0.4, -0.2) is 48.0 Å². The molecule has 1 fully saturated rings. The van der Waals surface area contributed by atoms with Gasteiger partial charge in [-0.25, -0.2) is 4.39 Å². The molecular weight excluding hydrogens is 293 g/mol. The van der Waals surface area contributed by atoms with Gasteiger partial charge in [-0.05, 0) is 23.8 Å². The molecule has 6 heteroatoms. The maximum absolute atomic E-state index is 13.0. The molecule has 1 amide bonds. The van der Waals surface area contributed by atoms with E-state index in [1.165, 1.54) is 37.1 Å². The van der Waals surface area contributed by atoms with E-state index in [0.29, 0.717) is 24.4 Å². The van der Waals surface area contributed by atoms with Crippen molar-refractivity contribution in [1.82, 2.24) is 4.90 Å². The Balaban J connectivity index is 1.98. The third kappa shape index (κ3) is 4.32. The molecule has 1 heterocycles. The lowest BCUT2D eigenvalue weighted by molar-refractivity contribution is -0.140. The number of hydrogen-bond donors (Lipinski definition) is 0. The van der Waals surface area contributed by atoms with Crippen LogP contribution in [0.2, 0.25) is 0 Å². The summed E-state index contributed by atoms with van der Waals surface area (Å²) in [6.45, 7) is 0.925. The lowest BCUT2D eigenvalue weighted by Crippen LogP contribution is -2.44. The monoisotopic (exact) mass is 309 g/mol. The van der Waals surface area contributed by atoms with Gasteiger partial charge in [0.1, 0.15) is 11.1 Å². The van der Waals surface area contributed by atoms with Gasteiger partial charge in [0, 0.05) is 24.9 Å². The van der Waals surface area contributed by atoms with Crippen molar-refractivity contribution in [3.8, 4) is 0 Å². The molecule has 1 aromatic rings. The van der Waals surface area contributed by atoms with Crippen LogP contribution in [0.5, 0.6) is 0 Å². The standard InChI is InChI=1S/C15H16FNO3S/c1-20-15(19)13-10-17(7-8-21-13)14(18)6-5-11-3-2-4-12(16)9-11/h2-6,9,13H,7-8,10H2,1H3/b6-5+/t13-/m0/s1. The van der Waals surface area contributed by atoms with E-state index in [4.69, 9.17) is 4.74 Å². The van der Waals surface area contributed by atoms with Crippen molar-refractivity contribution in [3.05, 3.63) is 41.7 Å². The zero-order chi connectivity index (χ0) is 15.2. The van der Waals surface area contributed by atoms with E-state index in [9.17, 15) is 14.0 Å². The van der Waals surface area contributed by atoms with E-state index in [1.54, 1.807) is 23.1 Å². The maximum Gasteiger partial charge on any atom is 0.320 e. The van der Waals surface area contributed by atoms with Crippen molar-refractivity contribution < 1.29 is 18.7 Å². The lowest BCUT2D eigenvalue weighted by atomic mass is 10.2. The molecule has 1 atom stereocenters. The van der Waals surface area contributed by atoms with Gasteiger partial charge in [0.15, 0.2) is 0 Å². The zero-order valence-electron chi connectivity index (χ0n) is 11.6. The molecule has 112 valence electrons. The molecule has 0 radical (unpaired) electrons. The van der Waals surface area contributed by atoms with Crippen LogP contribution in [0.15, 0.2) is 30.3 Å². The number of amides is 1. The van der Waals surface area contributed by atoms with Crippen molar-refractivity contribution in [1.29, 1.82) is 0 Å². The smallest absolute Gasteiger partial charge is 0.320 e. The van der Waals surface area contributed by atoms with Crippen LogP contribution in [0, 0.1) is 5.82 Å². The molecule has 4 nitrogen and oxygen atoms in total. The highest BCUT2D eigenvalue weighted by Crippen LogP contribution is 2.20. The molecule has 1 saturated heterocycles. The first-order chi connectivity index (χ1) is 10.1. The van der Waals surface area contributed by atoms with Crippen LogP contribution in [0.1, 0.15) is 5.56 Å². The van der Waals surface area contributed by atoms with Crippen LogP contribution < -0.4 is 0 Å². The summed E-state index contributed by atoms with van der Waals surface area (Å²) in [6, 6.07) is 6.01. The van der Waals surface area contributed by atoms with Crippen molar-refractivity contribution in [2.75, 3.05) is 26.0 Å². The average molecular weight is 309 g/mol. The number of methoxy groups -OCH3 is 1. The molecular formula is C15H16FNO3S. The van der Waals surface area contributed by atoms with Gasteiger partial charge in [-0.15, -0.1) is 11.8 Å². The fourth-order valence-electron chi connectivity index (χ4n) is 2.01. The van der Waals surface area contributed by atoms with Gasteiger partial charge >= 0.3 is 5.97 Å². The van der Waals surface area contributed by atoms with Gasteiger partial charge in [-0.2, -0.15) is 0 Å². The summed E-state index contributed by atoms with van der Waals surface area (Å²) in [5.74, 6) is -0.149. The highest BCUT2D eigenvalue weighted by molar-refractivity contribution is 8.00. The molecule has 0 N–H and O–H groups in total. The van der Waals surface area contributed by atoms with Gasteiger partial charge in [-0.3, -0.25) is 9.59 Å². The largest absolute Gasteiger partial charge is 0.468 e. The third-order valence-corrected chi connectivity index (χ3v) is 4.27. The van der Waals surface area contributed by atoms with Crippen molar-refractivity contribution in [2.45, 2.75) is 5.25 Å². The molecule has 0 aliphatic carbocycles. The molecule has 0 spiro atoms. The van der Waals surface area contributed by atoms with E-state index < -0.39 is 0 Å². The molecule has 2 rings (SSSR count). The second-order valence-corrected chi connectivity index (χ2v) is 5.87. The number of halogens is 1. The lowest BCUT2D eigenvalue weighted by Gasteiger charge is -2.30. The van der Waals surface area contributed by atoms with E-state index in [0.717, 1.165) is 0 Å². The van der Waals surface area contributed by atoms with Crippen molar-refractivity contribution in [2.24, 2.45) is 0 Å². The quantitative estimate of drug-likeness (QED) is 0.632. The van der Waals surface area contributed by atoms with Gasteiger partial charge < -0.3 is 9.64 Å². The molecule has 0 unspecified atom stereocenters. The van der Waals surface area contributed by atoms with Gasteiger partial charge in [-0.1, -0.05) is 12.1 Å². The summed E-state index contributed by atoms with van der Waals surface area (Å²) in [4.78, 5) is 25.2. The summed E-state index contributed by atoms with van der Waals surface area (Å²) in [5.41, 5.74) is 0.624. The van der Waals surface area contributed by atoms with Gasteiger partial charge in [0.25, 0.3) is 0 Å². The Hall–Kier alpha value is -1.82. The van der Waals surface area contributed by atoms with E-state index >= 15 is 0 Å². The number of esters is 1. The highest BCUT2D eigenvalue weighted by atomic mass is 32.2. The Kier molecular flexibility index (Phi) is 5.38. The van der Waals surface area contributed by atoms with Crippen LogP contribution in [0.25, 0.3) is 6.08 Å². The van der Waals surface area contributed by atoms with Crippen molar-refractivity contribution in [3.63, 3.8) is 0 Å². The van der Waals surface area contributed by atoms with Crippen LogP contribution in [0.4, 0.5) is 4.39 Å². The molecule has 1 aliphatic heterocycles. The first kappa shape index (κ1) is 15.6. The first-order valence-electron chi connectivity index (χ1n) is 6.52. The Morgan fingerprint density at radius 1 is 1.48 bits per heavy atom. The molecule has 0 saturated carbocycles. The Morgan fingerprint density at radius 2 is 2.29 bits per heavy atom. The first-order valence-corrected chi connectivity index (χ1v) is 7.57. The molecule has 0 bridgehead atoms.